The van der Waals surface area contributed by atoms with E-state index in [0.717, 1.165) is 0 Å². The van der Waals surface area contributed by atoms with E-state index in [0.29, 0.717) is 10.9 Å². The van der Waals surface area contributed by atoms with Gasteiger partial charge in [0, 0.05) is 12.3 Å². The number of para-hydroxylation sites is 1. The summed E-state index contributed by atoms with van der Waals surface area (Å²) < 4.78 is 5.02. The van der Waals surface area contributed by atoms with E-state index in [4.69, 9.17) is 4.74 Å². The molecule has 2 aromatic heterocycles. The minimum Gasteiger partial charge on any atom is -0.503 e. The first-order chi connectivity index (χ1) is 9.70. The minimum absolute atomic E-state index is 0.159. The van der Waals surface area contributed by atoms with E-state index in [1.54, 1.807) is 24.3 Å². The number of fused-ring (bicyclic) bond motifs is 1. The highest BCUT2D eigenvalue weighted by atomic mass is 16.5. The SMILES string of the molecule is COc1ccnc(-c2nc3ccccc3c(=O)[nH]2)c1O. The molecule has 0 atom stereocenters. The van der Waals surface area contributed by atoms with Gasteiger partial charge in [0.2, 0.25) is 0 Å². The van der Waals surface area contributed by atoms with E-state index >= 15 is 0 Å². The topological polar surface area (TPSA) is 88.1 Å². The van der Waals surface area contributed by atoms with Gasteiger partial charge in [-0.25, -0.2) is 9.97 Å². The molecule has 100 valence electrons. The second-order valence-corrected chi connectivity index (χ2v) is 4.14. The zero-order valence-corrected chi connectivity index (χ0v) is 10.6. The number of H-pyrrole nitrogens is 1. The molecular weight excluding hydrogens is 258 g/mol. The molecule has 2 N–H and O–H groups in total. The zero-order valence-electron chi connectivity index (χ0n) is 10.6. The minimum atomic E-state index is -0.283. The fraction of sp³-hybridized carbons (Fsp3) is 0.0714. The number of pyridine rings is 1. The van der Waals surface area contributed by atoms with Crippen LogP contribution in [0.3, 0.4) is 0 Å². The Morgan fingerprint density at radius 2 is 2.05 bits per heavy atom. The molecule has 2 heterocycles. The van der Waals surface area contributed by atoms with E-state index in [9.17, 15) is 9.90 Å². The van der Waals surface area contributed by atoms with Crippen molar-refractivity contribution in [3.8, 4) is 23.0 Å². The highest BCUT2D eigenvalue weighted by Crippen LogP contribution is 2.32. The van der Waals surface area contributed by atoms with Crippen molar-refractivity contribution in [1.82, 2.24) is 15.0 Å². The van der Waals surface area contributed by atoms with Gasteiger partial charge in [0.25, 0.3) is 5.56 Å². The summed E-state index contributed by atoms with van der Waals surface area (Å²) in [5.41, 5.74) is 0.428. The second-order valence-electron chi connectivity index (χ2n) is 4.14. The number of rotatable bonds is 2. The zero-order chi connectivity index (χ0) is 14.1. The normalized spacial score (nSPS) is 10.7. The van der Waals surface area contributed by atoms with Gasteiger partial charge in [0.05, 0.1) is 18.0 Å². The molecule has 0 aliphatic heterocycles. The van der Waals surface area contributed by atoms with Crippen molar-refractivity contribution in [3.05, 3.63) is 46.9 Å². The maximum atomic E-state index is 12.0. The number of aromatic hydroxyl groups is 1. The number of ether oxygens (including phenoxy) is 1. The van der Waals surface area contributed by atoms with Crippen molar-refractivity contribution in [2.24, 2.45) is 0 Å². The van der Waals surface area contributed by atoms with E-state index in [2.05, 4.69) is 15.0 Å². The molecule has 0 unspecified atom stereocenters. The highest BCUT2D eigenvalue weighted by Gasteiger charge is 2.14. The number of hydrogen-bond acceptors (Lipinski definition) is 5. The Labute approximate surface area is 113 Å². The molecule has 0 fully saturated rings. The first-order valence-corrected chi connectivity index (χ1v) is 5.92. The van der Waals surface area contributed by atoms with E-state index < -0.39 is 0 Å². The largest absolute Gasteiger partial charge is 0.503 e. The number of hydrogen-bond donors (Lipinski definition) is 2. The third-order valence-electron chi connectivity index (χ3n) is 2.94. The molecule has 6 nitrogen and oxygen atoms in total. The maximum Gasteiger partial charge on any atom is 0.259 e. The monoisotopic (exact) mass is 269 g/mol. The number of nitrogens with one attached hydrogen (secondary N) is 1. The van der Waals surface area contributed by atoms with Crippen LogP contribution in [0.2, 0.25) is 0 Å². The summed E-state index contributed by atoms with van der Waals surface area (Å²) >= 11 is 0. The second kappa shape index (κ2) is 4.65. The number of nitrogens with zero attached hydrogens (tertiary/aromatic N) is 2. The van der Waals surface area contributed by atoms with Gasteiger partial charge in [-0.05, 0) is 12.1 Å². The van der Waals surface area contributed by atoms with Gasteiger partial charge in [-0.1, -0.05) is 12.1 Å². The van der Waals surface area contributed by atoms with Crippen LogP contribution in [0.5, 0.6) is 11.5 Å². The first-order valence-electron chi connectivity index (χ1n) is 5.92. The van der Waals surface area contributed by atoms with Crippen LogP contribution in [0.15, 0.2) is 41.3 Å². The fourth-order valence-electron chi connectivity index (χ4n) is 1.97. The van der Waals surface area contributed by atoms with Crippen LogP contribution >= 0.6 is 0 Å². The van der Waals surface area contributed by atoms with E-state index in [1.165, 1.54) is 19.4 Å². The Balaban J connectivity index is 2.28. The number of aromatic nitrogens is 3. The smallest absolute Gasteiger partial charge is 0.259 e. The van der Waals surface area contributed by atoms with Crippen molar-refractivity contribution in [2.45, 2.75) is 0 Å². The van der Waals surface area contributed by atoms with Crippen LogP contribution in [0.1, 0.15) is 0 Å². The van der Waals surface area contributed by atoms with Crippen molar-refractivity contribution >= 4 is 10.9 Å². The summed E-state index contributed by atoms with van der Waals surface area (Å²) in [4.78, 5) is 23.0. The van der Waals surface area contributed by atoms with Gasteiger partial charge in [-0.15, -0.1) is 0 Å². The molecule has 0 aliphatic rings. The molecule has 6 heteroatoms. The lowest BCUT2D eigenvalue weighted by Crippen LogP contribution is -2.10. The Morgan fingerprint density at radius 1 is 1.25 bits per heavy atom. The molecule has 0 amide bonds. The summed E-state index contributed by atoms with van der Waals surface area (Å²) in [7, 11) is 1.44. The Kier molecular flexibility index (Phi) is 2.83. The molecule has 0 aliphatic carbocycles. The average molecular weight is 269 g/mol. The summed E-state index contributed by atoms with van der Waals surface area (Å²) in [6.07, 6.45) is 1.48. The molecular formula is C14H11N3O3. The summed E-state index contributed by atoms with van der Waals surface area (Å²) in [6.45, 7) is 0. The van der Waals surface area contributed by atoms with E-state index in [-0.39, 0.29) is 28.6 Å². The third kappa shape index (κ3) is 1.87. The number of benzene rings is 1. The standard InChI is InChI=1S/C14H11N3O3/c1-20-10-6-7-15-11(12(10)18)13-16-9-5-3-2-4-8(9)14(19)17-13/h2-7,18H,1H3,(H,16,17,19). The van der Waals surface area contributed by atoms with Crippen molar-refractivity contribution in [1.29, 1.82) is 0 Å². The third-order valence-corrected chi connectivity index (χ3v) is 2.94. The maximum absolute atomic E-state index is 12.0. The lowest BCUT2D eigenvalue weighted by atomic mass is 10.2. The van der Waals surface area contributed by atoms with Crippen molar-refractivity contribution in [3.63, 3.8) is 0 Å². The number of aromatic amines is 1. The molecule has 0 radical (unpaired) electrons. The fourth-order valence-corrected chi connectivity index (χ4v) is 1.97. The quantitative estimate of drug-likeness (QED) is 0.739. The van der Waals surface area contributed by atoms with Gasteiger partial charge >= 0.3 is 0 Å². The van der Waals surface area contributed by atoms with Crippen LogP contribution in [-0.4, -0.2) is 27.2 Å². The predicted octanol–water partition coefficient (Wildman–Crippen LogP) is 1.70. The summed E-state index contributed by atoms with van der Waals surface area (Å²) in [5.74, 6) is 0.310. The average Bonchev–Trinajstić information content (AvgIpc) is 2.47. The number of methoxy groups -OCH3 is 1. The first kappa shape index (κ1) is 12.2. The molecule has 20 heavy (non-hydrogen) atoms. The van der Waals surface area contributed by atoms with Gasteiger partial charge < -0.3 is 14.8 Å². The summed E-state index contributed by atoms with van der Waals surface area (Å²) in [5, 5.41) is 10.5. The Hall–Kier alpha value is -2.89. The van der Waals surface area contributed by atoms with Crippen LogP contribution in [0.4, 0.5) is 0 Å². The van der Waals surface area contributed by atoms with Crippen LogP contribution < -0.4 is 10.3 Å². The Morgan fingerprint density at radius 3 is 2.85 bits per heavy atom. The van der Waals surface area contributed by atoms with E-state index in [1.807, 2.05) is 0 Å². The summed E-state index contributed by atoms with van der Waals surface area (Å²) in [6, 6.07) is 8.49. The van der Waals surface area contributed by atoms with Gasteiger partial charge in [-0.2, -0.15) is 0 Å². The lowest BCUT2D eigenvalue weighted by Gasteiger charge is -2.07. The predicted molar refractivity (Wildman–Crippen MR) is 73.8 cm³/mol. The molecule has 0 spiro atoms. The Bertz CT molecular complexity index is 842. The molecule has 1 aromatic carbocycles. The van der Waals surface area contributed by atoms with Crippen molar-refractivity contribution < 1.29 is 9.84 Å². The molecule has 0 saturated heterocycles. The lowest BCUT2D eigenvalue weighted by molar-refractivity contribution is 0.373. The molecule has 3 aromatic rings. The highest BCUT2D eigenvalue weighted by molar-refractivity contribution is 5.79. The molecule has 3 rings (SSSR count). The van der Waals surface area contributed by atoms with Crippen LogP contribution in [0.25, 0.3) is 22.4 Å². The van der Waals surface area contributed by atoms with Crippen LogP contribution in [-0.2, 0) is 0 Å². The van der Waals surface area contributed by atoms with Crippen molar-refractivity contribution in [2.75, 3.05) is 7.11 Å². The molecule has 0 saturated carbocycles. The van der Waals surface area contributed by atoms with Crippen LogP contribution in [0, 0.1) is 0 Å². The van der Waals surface area contributed by atoms with Gasteiger partial charge in [-0.3, -0.25) is 4.79 Å². The molecule has 0 bridgehead atoms. The van der Waals surface area contributed by atoms with Gasteiger partial charge in [0.15, 0.2) is 23.0 Å². The van der Waals surface area contributed by atoms with Gasteiger partial charge in [0.1, 0.15) is 0 Å².